The average Bonchev–Trinajstić information content (AvgIpc) is 3.83. The van der Waals surface area contributed by atoms with Crippen LogP contribution in [0, 0.1) is 30.9 Å². The predicted octanol–water partition coefficient (Wildman–Crippen LogP) is 6.69. The number of carbonyl (C=O) groups is 2. The van der Waals surface area contributed by atoms with Crippen molar-refractivity contribution in [1.29, 1.82) is 0 Å². The second-order valence-corrected chi connectivity index (χ2v) is 15.8. The number of carbonyl (C=O) groups excluding carboxylic acids is 2. The molecule has 2 aromatic heterocycles. The number of ether oxygens (including phenoxy) is 1. The molecule has 4 aliphatic rings. The minimum Gasteiger partial charge on any atom is -0.508 e. The maximum absolute atomic E-state index is 17.2. The lowest BCUT2D eigenvalue weighted by Crippen LogP contribution is -2.56. The zero-order valence-electron chi connectivity index (χ0n) is 31.8. The summed E-state index contributed by atoms with van der Waals surface area (Å²) in [5, 5.41) is 14.3. The molecule has 0 saturated carbocycles. The molecule has 9 rings (SSSR count). The fraction of sp³-hybridized carbons (Fsp3) is 0.341. The molecule has 3 unspecified atom stereocenters. The smallest absolute Gasteiger partial charge is 0.319 e. The number of anilines is 2. The SMILES string of the molecule is C#Cc1c(F)ccc2cc(O)cc(-c3ncc4c(N5CC6CCC(C5)N6C(=O)c5cc(NC(=O)C=C)ccc5C)nc(OCC56CCCN5C[C@H](F)C6)nc4c3F)c12. The normalized spacial score (nSPS) is 22.6. The number of piperazine rings is 1. The zero-order chi connectivity index (χ0) is 40.5. The number of amides is 2. The highest BCUT2D eigenvalue weighted by Crippen LogP contribution is 2.43. The molecule has 5 aromatic rings. The van der Waals surface area contributed by atoms with Crippen LogP contribution in [-0.4, -0.2) is 98.3 Å². The van der Waals surface area contributed by atoms with E-state index < -0.39 is 23.3 Å². The molecule has 0 radical (unpaired) electrons. The summed E-state index contributed by atoms with van der Waals surface area (Å²) in [4.78, 5) is 46.2. The van der Waals surface area contributed by atoms with E-state index in [1.165, 1.54) is 30.5 Å². The van der Waals surface area contributed by atoms with Crippen LogP contribution in [0.4, 0.5) is 24.7 Å². The van der Waals surface area contributed by atoms with Crippen molar-refractivity contribution < 1.29 is 32.6 Å². The molecule has 4 atom stereocenters. The second kappa shape index (κ2) is 14.3. The standard InChI is InChI=1S/C44H40F3N7O4/c1-4-31-35(46)12-8-25-15-30(55)17-33(37(25)31)39-38(47)40-34(19-48-39)41(51-43(50-40)58-23-44-13-6-14-53(44)20-26(45)18-44)52-21-28-10-11-29(22-52)54(28)42(57)32-16-27(9-7-24(32)3)49-36(56)5-2/h1,5,7-9,12,15-17,19,26,28-29,55H,2,6,10-11,13-14,18,20-23H2,3H3,(H,49,56)/t26-,28?,29?,44?/m1/s1. The van der Waals surface area contributed by atoms with Gasteiger partial charge in [0.1, 0.15) is 41.4 Å². The number of benzene rings is 3. The molecule has 4 fully saturated rings. The summed E-state index contributed by atoms with van der Waals surface area (Å²) in [5.41, 5.74) is 0.861. The van der Waals surface area contributed by atoms with Crippen LogP contribution in [0.2, 0.25) is 0 Å². The molecular weight excluding hydrogens is 748 g/mol. The van der Waals surface area contributed by atoms with Crippen molar-refractivity contribution in [2.45, 2.75) is 62.8 Å². The van der Waals surface area contributed by atoms with Crippen LogP contribution in [0.25, 0.3) is 32.9 Å². The first-order valence-electron chi connectivity index (χ1n) is 19.4. The van der Waals surface area contributed by atoms with Crippen molar-refractivity contribution in [2.75, 3.05) is 43.0 Å². The van der Waals surface area contributed by atoms with Gasteiger partial charge < -0.3 is 25.0 Å². The molecule has 296 valence electrons. The van der Waals surface area contributed by atoms with E-state index >= 15 is 8.78 Å². The lowest BCUT2D eigenvalue weighted by atomic mass is 9.95. The number of rotatable bonds is 8. The van der Waals surface area contributed by atoms with Gasteiger partial charge in [-0.1, -0.05) is 24.6 Å². The molecule has 2 bridgehead atoms. The van der Waals surface area contributed by atoms with Crippen molar-refractivity contribution in [2.24, 2.45) is 0 Å². The van der Waals surface area contributed by atoms with Crippen molar-refractivity contribution in [3.05, 3.63) is 89.6 Å². The van der Waals surface area contributed by atoms with Crippen molar-refractivity contribution in [3.63, 3.8) is 0 Å². The maximum Gasteiger partial charge on any atom is 0.319 e. The number of aromatic nitrogens is 3. The van der Waals surface area contributed by atoms with Gasteiger partial charge in [0.05, 0.1) is 28.6 Å². The Kier molecular flexibility index (Phi) is 9.23. The fourth-order valence-electron chi connectivity index (χ4n) is 9.59. The quantitative estimate of drug-likeness (QED) is 0.131. The summed E-state index contributed by atoms with van der Waals surface area (Å²) >= 11 is 0. The maximum atomic E-state index is 17.2. The number of fused-ring (bicyclic) bond motifs is 5. The summed E-state index contributed by atoms with van der Waals surface area (Å²) in [6.45, 7) is 7.28. The number of pyridine rings is 1. The molecule has 2 N–H and O–H groups in total. The molecular formula is C44H40F3N7O4. The first-order valence-corrected chi connectivity index (χ1v) is 19.4. The fourth-order valence-corrected chi connectivity index (χ4v) is 9.59. The number of hydrogen-bond acceptors (Lipinski definition) is 9. The number of terminal acetylenes is 1. The van der Waals surface area contributed by atoms with Gasteiger partial charge in [0.2, 0.25) is 5.91 Å². The highest BCUT2D eigenvalue weighted by Gasteiger charge is 2.50. The number of nitrogens with zero attached hydrogens (tertiary/aromatic N) is 6. The Morgan fingerprint density at radius 1 is 1.12 bits per heavy atom. The lowest BCUT2D eigenvalue weighted by molar-refractivity contribution is -0.111. The number of nitrogens with one attached hydrogen (secondary N) is 1. The second-order valence-electron chi connectivity index (χ2n) is 15.8. The lowest BCUT2D eigenvalue weighted by Gasteiger charge is -2.42. The Balaban J connectivity index is 1.11. The minimum absolute atomic E-state index is 0.0819. The van der Waals surface area contributed by atoms with Gasteiger partial charge in [0, 0.05) is 54.5 Å². The number of aromatic hydroxyl groups is 1. The van der Waals surface area contributed by atoms with Crippen LogP contribution < -0.4 is 15.0 Å². The van der Waals surface area contributed by atoms with Gasteiger partial charge in [-0.05, 0) is 86.5 Å². The molecule has 3 aromatic carbocycles. The first kappa shape index (κ1) is 37.4. The van der Waals surface area contributed by atoms with Crippen LogP contribution in [0.5, 0.6) is 11.8 Å². The average molecular weight is 788 g/mol. The molecule has 0 aliphatic carbocycles. The Bertz CT molecular complexity index is 2580. The van der Waals surface area contributed by atoms with E-state index in [-0.39, 0.29) is 75.4 Å². The minimum atomic E-state index is -0.982. The number of halogens is 3. The van der Waals surface area contributed by atoms with Crippen molar-refractivity contribution in [1.82, 2.24) is 24.8 Å². The molecule has 6 heterocycles. The van der Waals surface area contributed by atoms with Gasteiger partial charge in [-0.3, -0.25) is 19.5 Å². The van der Waals surface area contributed by atoms with E-state index in [2.05, 4.69) is 32.7 Å². The predicted molar refractivity (Wildman–Crippen MR) is 214 cm³/mol. The molecule has 4 aliphatic heterocycles. The number of phenols is 1. The van der Waals surface area contributed by atoms with E-state index in [1.807, 2.05) is 16.7 Å². The number of phenolic OH excluding ortho intramolecular Hbond substituents is 1. The molecule has 11 nitrogen and oxygen atoms in total. The third kappa shape index (κ3) is 6.25. The summed E-state index contributed by atoms with van der Waals surface area (Å²) in [7, 11) is 0. The van der Waals surface area contributed by atoms with Crippen LogP contribution >= 0.6 is 0 Å². The Morgan fingerprint density at radius 2 is 1.91 bits per heavy atom. The Morgan fingerprint density at radius 3 is 2.67 bits per heavy atom. The molecule has 58 heavy (non-hydrogen) atoms. The largest absolute Gasteiger partial charge is 0.508 e. The van der Waals surface area contributed by atoms with Gasteiger partial charge >= 0.3 is 6.01 Å². The number of alkyl halides is 1. The third-order valence-corrected chi connectivity index (χ3v) is 12.3. The highest BCUT2D eigenvalue weighted by atomic mass is 19.1. The van der Waals surface area contributed by atoms with E-state index in [9.17, 15) is 19.1 Å². The van der Waals surface area contributed by atoms with Crippen LogP contribution in [0.15, 0.2) is 61.3 Å². The first-order chi connectivity index (χ1) is 28.0. The Labute approximate surface area is 332 Å². The number of hydrogen-bond donors (Lipinski definition) is 2. The van der Waals surface area contributed by atoms with E-state index in [0.29, 0.717) is 48.5 Å². The van der Waals surface area contributed by atoms with Crippen LogP contribution in [-0.2, 0) is 4.79 Å². The van der Waals surface area contributed by atoms with E-state index in [4.69, 9.17) is 16.1 Å². The molecule has 0 spiro atoms. The summed E-state index contributed by atoms with van der Waals surface area (Å²) in [6.07, 6.45) is 10.8. The van der Waals surface area contributed by atoms with Crippen LogP contribution in [0.1, 0.15) is 53.6 Å². The number of aryl methyl sites for hydroxylation is 1. The summed E-state index contributed by atoms with van der Waals surface area (Å²) < 4.78 is 53.2. The zero-order valence-corrected chi connectivity index (χ0v) is 31.8. The van der Waals surface area contributed by atoms with Gasteiger partial charge in [0.15, 0.2) is 5.82 Å². The van der Waals surface area contributed by atoms with Gasteiger partial charge in [-0.25, -0.2) is 13.2 Å². The molecule has 2 amide bonds. The van der Waals surface area contributed by atoms with Crippen molar-refractivity contribution >= 4 is 45.0 Å². The van der Waals surface area contributed by atoms with E-state index in [0.717, 1.165) is 43.9 Å². The molecule has 4 saturated heterocycles. The van der Waals surface area contributed by atoms with Crippen LogP contribution in [0.3, 0.4) is 0 Å². The monoisotopic (exact) mass is 787 g/mol. The third-order valence-electron chi connectivity index (χ3n) is 12.3. The molecule has 14 heteroatoms. The topological polar surface area (TPSA) is 124 Å². The van der Waals surface area contributed by atoms with Gasteiger partial charge in [-0.2, -0.15) is 9.97 Å². The van der Waals surface area contributed by atoms with Gasteiger partial charge in [0.25, 0.3) is 5.91 Å². The highest BCUT2D eigenvalue weighted by molar-refractivity contribution is 6.04. The summed E-state index contributed by atoms with van der Waals surface area (Å²) in [6, 6.07) is 10.0. The van der Waals surface area contributed by atoms with Gasteiger partial charge in [-0.15, -0.1) is 6.42 Å². The summed E-state index contributed by atoms with van der Waals surface area (Å²) in [5.74, 6) is 0.456. The van der Waals surface area contributed by atoms with E-state index in [1.54, 1.807) is 18.2 Å². The Hall–Kier alpha value is -6.20. The van der Waals surface area contributed by atoms with Crippen molar-refractivity contribution in [3.8, 4) is 35.4 Å².